The molecule has 0 aromatic heterocycles. The number of rotatable bonds is 2. The van der Waals surface area contributed by atoms with Gasteiger partial charge in [-0.2, -0.15) is 0 Å². The summed E-state index contributed by atoms with van der Waals surface area (Å²) in [7, 11) is 0. The lowest BCUT2D eigenvalue weighted by molar-refractivity contribution is -0.121. The summed E-state index contributed by atoms with van der Waals surface area (Å²) in [6, 6.07) is 4.63. The Balaban J connectivity index is 1.92. The molecule has 1 saturated heterocycles. The molecule has 100 valence electrons. The Labute approximate surface area is 110 Å². The zero-order valence-corrected chi connectivity index (χ0v) is 10.3. The average Bonchev–Trinajstić information content (AvgIpc) is 3.05. The van der Waals surface area contributed by atoms with E-state index in [1.54, 1.807) is 18.2 Å². The normalized spacial score (nSPS) is 20.6. The number of primary amides is 1. The summed E-state index contributed by atoms with van der Waals surface area (Å²) in [4.78, 5) is 25.4. The van der Waals surface area contributed by atoms with Gasteiger partial charge in [-0.15, -0.1) is 0 Å². The first-order valence-electron chi connectivity index (χ1n) is 6.17. The molecule has 0 aliphatic carbocycles. The van der Waals surface area contributed by atoms with Crippen molar-refractivity contribution in [1.82, 2.24) is 4.90 Å². The summed E-state index contributed by atoms with van der Waals surface area (Å²) in [5.74, 6) is 0.308. The third-order valence-corrected chi connectivity index (χ3v) is 3.47. The lowest BCUT2D eigenvalue weighted by atomic mass is 10.1. The Kier molecular flexibility index (Phi) is 2.77. The maximum Gasteiger partial charge on any atom is 0.258 e. The summed E-state index contributed by atoms with van der Waals surface area (Å²) in [5, 5.41) is 0. The maximum atomic E-state index is 12.5. The number of ether oxygens (including phenoxy) is 2. The van der Waals surface area contributed by atoms with Crippen molar-refractivity contribution < 1.29 is 19.1 Å². The van der Waals surface area contributed by atoms with E-state index in [0.717, 1.165) is 6.42 Å². The molecular formula is C13H14N2O4. The van der Waals surface area contributed by atoms with E-state index >= 15 is 0 Å². The molecule has 6 heteroatoms. The van der Waals surface area contributed by atoms with Gasteiger partial charge in [-0.25, -0.2) is 0 Å². The monoisotopic (exact) mass is 262 g/mol. The zero-order chi connectivity index (χ0) is 13.4. The number of carbonyl (C=O) groups excluding carboxylic acids is 2. The summed E-state index contributed by atoms with van der Waals surface area (Å²) >= 11 is 0. The van der Waals surface area contributed by atoms with Crippen molar-refractivity contribution in [2.45, 2.75) is 18.9 Å². The smallest absolute Gasteiger partial charge is 0.258 e. The Bertz CT molecular complexity index is 543. The molecule has 1 fully saturated rings. The average molecular weight is 262 g/mol. The minimum Gasteiger partial charge on any atom is -0.454 e. The second kappa shape index (κ2) is 4.46. The van der Waals surface area contributed by atoms with Gasteiger partial charge in [-0.05, 0) is 25.0 Å². The molecule has 2 heterocycles. The van der Waals surface area contributed by atoms with E-state index in [0.29, 0.717) is 30.0 Å². The minimum absolute atomic E-state index is 0.110. The first-order chi connectivity index (χ1) is 9.18. The van der Waals surface area contributed by atoms with Gasteiger partial charge in [-0.1, -0.05) is 6.07 Å². The van der Waals surface area contributed by atoms with Crippen LogP contribution < -0.4 is 15.2 Å². The summed E-state index contributed by atoms with van der Waals surface area (Å²) in [5.41, 5.74) is 5.75. The van der Waals surface area contributed by atoms with Crippen LogP contribution in [0, 0.1) is 0 Å². The van der Waals surface area contributed by atoms with Crippen LogP contribution in [-0.2, 0) is 4.79 Å². The minimum atomic E-state index is -0.523. The molecule has 0 bridgehead atoms. The molecule has 2 N–H and O–H groups in total. The van der Waals surface area contributed by atoms with Gasteiger partial charge in [0, 0.05) is 6.54 Å². The molecule has 3 rings (SSSR count). The first-order valence-corrected chi connectivity index (χ1v) is 6.17. The second-order valence-electron chi connectivity index (χ2n) is 4.60. The number of likely N-dealkylation sites (tertiary alicyclic amines) is 1. The maximum absolute atomic E-state index is 12.5. The molecule has 1 atom stereocenters. The van der Waals surface area contributed by atoms with Gasteiger partial charge in [0.05, 0.1) is 5.56 Å². The number of hydrogen-bond acceptors (Lipinski definition) is 4. The highest BCUT2D eigenvalue weighted by atomic mass is 16.7. The molecule has 0 unspecified atom stereocenters. The van der Waals surface area contributed by atoms with Crippen LogP contribution in [0.1, 0.15) is 23.2 Å². The van der Waals surface area contributed by atoms with Gasteiger partial charge in [0.25, 0.3) is 5.91 Å². The van der Waals surface area contributed by atoms with E-state index in [1.807, 2.05) is 0 Å². The van der Waals surface area contributed by atoms with Gasteiger partial charge in [0.1, 0.15) is 6.04 Å². The number of amides is 2. The van der Waals surface area contributed by atoms with Crippen molar-refractivity contribution in [2.24, 2.45) is 5.73 Å². The number of hydrogen-bond donors (Lipinski definition) is 1. The molecule has 2 aliphatic rings. The van der Waals surface area contributed by atoms with Crippen LogP contribution in [0.5, 0.6) is 11.5 Å². The van der Waals surface area contributed by atoms with E-state index in [-0.39, 0.29) is 12.7 Å². The molecule has 2 aliphatic heterocycles. The predicted molar refractivity (Wildman–Crippen MR) is 65.8 cm³/mol. The number of nitrogens with zero attached hydrogens (tertiary/aromatic N) is 1. The molecule has 1 aromatic carbocycles. The Morgan fingerprint density at radius 2 is 2.16 bits per heavy atom. The van der Waals surface area contributed by atoms with Crippen molar-refractivity contribution in [3.63, 3.8) is 0 Å². The molecule has 19 heavy (non-hydrogen) atoms. The van der Waals surface area contributed by atoms with Crippen LogP contribution in [0.2, 0.25) is 0 Å². The Morgan fingerprint density at radius 1 is 1.32 bits per heavy atom. The SMILES string of the molecule is NC(=O)[C@@H]1CCCN1C(=O)c1cccc2c1OCO2. The summed E-state index contributed by atoms with van der Waals surface area (Å²) < 4.78 is 10.6. The van der Waals surface area contributed by atoms with Crippen LogP contribution in [0.4, 0.5) is 0 Å². The zero-order valence-electron chi connectivity index (χ0n) is 10.3. The van der Waals surface area contributed by atoms with Gasteiger partial charge in [-0.3, -0.25) is 9.59 Å². The van der Waals surface area contributed by atoms with Crippen LogP contribution >= 0.6 is 0 Å². The van der Waals surface area contributed by atoms with Gasteiger partial charge >= 0.3 is 0 Å². The van der Waals surface area contributed by atoms with E-state index < -0.39 is 11.9 Å². The van der Waals surface area contributed by atoms with Crippen LogP contribution in [-0.4, -0.2) is 36.1 Å². The third-order valence-electron chi connectivity index (χ3n) is 3.47. The van der Waals surface area contributed by atoms with E-state index in [9.17, 15) is 9.59 Å². The van der Waals surface area contributed by atoms with E-state index in [2.05, 4.69) is 0 Å². The molecule has 0 radical (unpaired) electrons. The Morgan fingerprint density at radius 3 is 2.95 bits per heavy atom. The third kappa shape index (κ3) is 1.89. The lowest BCUT2D eigenvalue weighted by Crippen LogP contribution is -2.43. The Hall–Kier alpha value is -2.24. The first kappa shape index (κ1) is 11.8. The summed E-state index contributed by atoms with van der Waals surface area (Å²) in [6.07, 6.45) is 1.40. The fourth-order valence-electron chi connectivity index (χ4n) is 2.56. The molecule has 0 saturated carbocycles. The largest absolute Gasteiger partial charge is 0.454 e. The molecule has 2 amide bonds. The van der Waals surface area contributed by atoms with Gasteiger partial charge in [0.2, 0.25) is 12.7 Å². The number of nitrogens with two attached hydrogens (primary N) is 1. The van der Waals surface area contributed by atoms with Crippen LogP contribution in [0.25, 0.3) is 0 Å². The highest BCUT2D eigenvalue weighted by molar-refractivity contribution is 6.00. The number of carbonyl (C=O) groups is 2. The topological polar surface area (TPSA) is 81.9 Å². The lowest BCUT2D eigenvalue weighted by Gasteiger charge is -2.22. The molecule has 1 aromatic rings. The van der Waals surface area contributed by atoms with Gasteiger partial charge < -0.3 is 20.1 Å². The summed E-state index contributed by atoms with van der Waals surface area (Å²) in [6.45, 7) is 0.649. The second-order valence-corrected chi connectivity index (χ2v) is 4.60. The molecular weight excluding hydrogens is 248 g/mol. The van der Waals surface area contributed by atoms with Crippen molar-refractivity contribution in [1.29, 1.82) is 0 Å². The van der Waals surface area contributed by atoms with Crippen molar-refractivity contribution in [3.05, 3.63) is 23.8 Å². The standard InChI is InChI=1S/C13H14N2O4/c14-12(16)9-4-2-6-15(9)13(17)8-3-1-5-10-11(8)19-7-18-10/h1,3,5,9H,2,4,6-7H2,(H2,14,16)/t9-/m0/s1. The van der Waals surface area contributed by atoms with Crippen LogP contribution in [0.15, 0.2) is 18.2 Å². The number of benzene rings is 1. The fourth-order valence-corrected chi connectivity index (χ4v) is 2.56. The van der Waals surface area contributed by atoms with Crippen molar-refractivity contribution >= 4 is 11.8 Å². The molecule has 6 nitrogen and oxygen atoms in total. The fraction of sp³-hybridized carbons (Fsp3) is 0.385. The van der Waals surface area contributed by atoms with E-state index in [4.69, 9.17) is 15.2 Å². The predicted octanol–water partition coefficient (Wildman–Crippen LogP) is 0.505. The van der Waals surface area contributed by atoms with Crippen molar-refractivity contribution in [3.8, 4) is 11.5 Å². The number of fused-ring (bicyclic) bond motifs is 1. The van der Waals surface area contributed by atoms with Gasteiger partial charge in [0.15, 0.2) is 11.5 Å². The highest BCUT2D eigenvalue weighted by Gasteiger charge is 2.35. The quantitative estimate of drug-likeness (QED) is 0.841. The highest BCUT2D eigenvalue weighted by Crippen LogP contribution is 2.36. The van der Waals surface area contributed by atoms with E-state index in [1.165, 1.54) is 4.90 Å². The number of para-hydroxylation sites is 1. The van der Waals surface area contributed by atoms with Crippen molar-refractivity contribution in [2.75, 3.05) is 13.3 Å². The van der Waals surface area contributed by atoms with Crippen LogP contribution in [0.3, 0.4) is 0 Å². The molecule has 0 spiro atoms.